The zero-order valence-corrected chi connectivity index (χ0v) is 17.3. The zero-order chi connectivity index (χ0) is 22.4. The van der Waals surface area contributed by atoms with E-state index in [1.807, 2.05) is 0 Å². The number of aromatic hydroxyl groups is 1. The number of carbonyl (C=O) groups excluding carboxylic acids is 2. The topological polar surface area (TPSA) is 143 Å². The number of alkyl carbamates (subject to hydrolysis) is 1. The molecule has 0 bridgehead atoms. The Hall–Kier alpha value is -2.85. The molecule has 2 amide bonds. The minimum Gasteiger partial charge on any atom is -0.508 e. The van der Waals surface area contributed by atoms with Crippen LogP contribution >= 0.6 is 0 Å². The first-order chi connectivity index (χ1) is 14.1. The first kappa shape index (κ1) is 23.4. The number of ether oxygens (including phenoxy) is 3. The van der Waals surface area contributed by atoms with Gasteiger partial charge in [-0.25, -0.2) is 9.59 Å². The third kappa shape index (κ3) is 5.83. The highest BCUT2D eigenvalue weighted by molar-refractivity contribution is 5.93. The second-order valence-electron chi connectivity index (χ2n) is 7.31. The van der Waals surface area contributed by atoms with E-state index in [9.17, 15) is 24.6 Å². The van der Waals surface area contributed by atoms with Crippen LogP contribution in [0.3, 0.4) is 0 Å². The fourth-order valence-corrected chi connectivity index (χ4v) is 3.31. The molecule has 1 aliphatic rings. The molecule has 0 unspecified atom stereocenters. The fourth-order valence-electron chi connectivity index (χ4n) is 3.31. The maximum Gasteiger partial charge on any atom is 0.412 e. The number of amides is 2. The largest absolute Gasteiger partial charge is 0.508 e. The van der Waals surface area contributed by atoms with E-state index in [1.54, 1.807) is 12.1 Å². The molecule has 0 radical (unpaired) electrons. The van der Waals surface area contributed by atoms with Crippen molar-refractivity contribution in [3.8, 4) is 5.75 Å². The van der Waals surface area contributed by atoms with Crippen molar-refractivity contribution in [2.24, 2.45) is 0 Å². The average molecular weight is 424 g/mol. The van der Waals surface area contributed by atoms with Gasteiger partial charge in [-0.1, -0.05) is 25.0 Å². The number of hydrogen-bond acceptors (Lipinski definition) is 7. The van der Waals surface area contributed by atoms with E-state index in [4.69, 9.17) is 14.2 Å². The third-order valence-corrected chi connectivity index (χ3v) is 5.23. The SMILES string of the molecule is COC(C)(OC)OC(=O)NC1(C(=O)N[C@@H](Cc2ccc(O)cc2)C(=O)O)CCCC1. The summed E-state index contributed by atoms with van der Waals surface area (Å²) in [6.45, 7) is 1.39. The minimum atomic E-state index is -1.62. The van der Waals surface area contributed by atoms with Crippen molar-refractivity contribution in [3.63, 3.8) is 0 Å². The van der Waals surface area contributed by atoms with Crippen LogP contribution in [0.1, 0.15) is 38.2 Å². The summed E-state index contributed by atoms with van der Waals surface area (Å²) >= 11 is 0. The van der Waals surface area contributed by atoms with Crippen molar-refractivity contribution in [1.82, 2.24) is 10.6 Å². The standard InChI is InChI=1S/C20H28N2O8/c1-19(28-2,29-3)30-18(27)22-20(10-4-5-11-20)17(26)21-15(16(24)25)12-13-6-8-14(23)9-7-13/h6-9,15,23H,4-5,10-12H2,1-3H3,(H,21,26)(H,22,27)(H,24,25)/t15-/m0/s1. The normalized spacial score (nSPS) is 16.5. The van der Waals surface area contributed by atoms with E-state index in [2.05, 4.69) is 10.6 Å². The van der Waals surface area contributed by atoms with E-state index < -0.39 is 35.5 Å². The highest BCUT2D eigenvalue weighted by Crippen LogP contribution is 2.31. The molecule has 0 aromatic heterocycles. The Labute approximate surface area is 174 Å². The van der Waals surface area contributed by atoms with Crippen LogP contribution in [-0.4, -0.2) is 60.0 Å². The molecule has 0 aliphatic heterocycles. The monoisotopic (exact) mass is 424 g/mol. The number of carboxylic acid groups (broad SMARTS) is 1. The van der Waals surface area contributed by atoms with Crippen LogP contribution in [0.15, 0.2) is 24.3 Å². The molecular weight excluding hydrogens is 396 g/mol. The number of methoxy groups -OCH3 is 2. The van der Waals surface area contributed by atoms with Crippen LogP contribution in [0.5, 0.6) is 5.75 Å². The molecule has 10 nitrogen and oxygen atoms in total. The van der Waals surface area contributed by atoms with Crippen molar-refractivity contribution in [1.29, 1.82) is 0 Å². The lowest BCUT2D eigenvalue weighted by atomic mass is 9.95. The van der Waals surface area contributed by atoms with E-state index in [-0.39, 0.29) is 12.2 Å². The smallest absolute Gasteiger partial charge is 0.412 e. The molecule has 1 aliphatic carbocycles. The number of benzene rings is 1. The van der Waals surface area contributed by atoms with E-state index in [0.29, 0.717) is 31.2 Å². The molecule has 1 atom stereocenters. The number of aliphatic carboxylic acids is 1. The molecule has 30 heavy (non-hydrogen) atoms. The summed E-state index contributed by atoms with van der Waals surface area (Å²) in [5, 5.41) is 24.0. The summed E-state index contributed by atoms with van der Waals surface area (Å²) < 4.78 is 15.1. The summed E-state index contributed by atoms with van der Waals surface area (Å²) in [4.78, 5) is 37.1. The molecule has 1 fully saturated rings. The Morgan fingerprint density at radius 2 is 1.70 bits per heavy atom. The lowest BCUT2D eigenvalue weighted by Crippen LogP contribution is -2.61. The first-order valence-electron chi connectivity index (χ1n) is 9.56. The van der Waals surface area contributed by atoms with Gasteiger partial charge in [0.2, 0.25) is 5.91 Å². The number of phenolic OH excluding ortho intramolecular Hbond substituents is 1. The molecular formula is C20H28N2O8. The Balaban J connectivity index is 2.11. The van der Waals surface area contributed by atoms with Gasteiger partial charge in [0.15, 0.2) is 0 Å². The van der Waals surface area contributed by atoms with Crippen LogP contribution in [0.4, 0.5) is 4.79 Å². The lowest BCUT2D eigenvalue weighted by molar-refractivity contribution is -0.323. The summed E-state index contributed by atoms with van der Waals surface area (Å²) in [6, 6.07) is 4.83. The molecule has 0 spiro atoms. The van der Waals surface area contributed by atoms with Crippen molar-refractivity contribution in [3.05, 3.63) is 29.8 Å². The Kier molecular flexibility index (Phi) is 7.63. The van der Waals surface area contributed by atoms with Gasteiger partial charge in [0.25, 0.3) is 0 Å². The van der Waals surface area contributed by atoms with Crippen LogP contribution in [0.2, 0.25) is 0 Å². The zero-order valence-electron chi connectivity index (χ0n) is 17.3. The van der Waals surface area contributed by atoms with Crippen LogP contribution in [-0.2, 0) is 30.2 Å². The van der Waals surface area contributed by atoms with Crippen LogP contribution in [0, 0.1) is 0 Å². The number of phenols is 1. The van der Waals surface area contributed by atoms with E-state index in [0.717, 1.165) is 0 Å². The summed E-state index contributed by atoms with van der Waals surface area (Å²) in [5.41, 5.74) is -0.661. The minimum absolute atomic E-state index is 0.0211. The highest BCUT2D eigenvalue weighted by Gasteiger charge is 2.45. The maximum absolute atomic E-state index is 13.0. The molecule has 1 aromatic rings. The number of rotatable bonds is 9. The predicted octanol–water partition coefficient (Wildman–Crippen LogP) is 1.51. The fraction of sp³-hybridized carbons (Fsp3) is 0.550. The molecule has 1 aromatic carbocycles. The maximum atomic E-state index is 13.0. The van der Waals surface area contributed by atoms with E-state index in [1.165, 1.54) is 33.3 Å². The van der Waals surface area contributed by atoms with E-state index >= 15 is 0 Å². The highest BCUT2D eigenvalue weighted by atomic mass is 16.9. The average Bonchev–Trinajstić information content (AvgIpc) is 3.18. The Bertz CT molecular complexity index is 755. The molecule has 0 heterocycles. The summed E-state index contributed by atoms with van der Waals surface area (Å²) in [7, 11) is 2.60. The van der Waals surface area contributed by atoms with Crippen LogP contribution in [0.25, 0.3) is 0 Å². The van der Waals surface area contributed by atoms with Crippen molar-refractivity contribution in [2.75, 3.05) is 14.2 Å². The van der Waals surface area contributed by atoms with Gasteiger partial charge in [-0.15, -0.1) is 0 Å². The number of carboxylic acids is 1. The van der Waals surface area contributed by atoms with Crippen molar-refractivity contribution in [2.45, 2.75) is 56.6 Å². The molecule has 0 saturated heterocycles. The molecule has 4 N–H and O–H groups in total. The van der Waals surface area contributed by atoms with Crippen LogP contribution < -0.4 is 10.6 Å². The van der Waals surface area contributed by atoms with Gasteiger partial charge in [-0.2, -0.15) is 0 Å². The van der Waals surface area contributed by atoms with Crippen molar-refractivity contribution >= 4 is 18.0 Å². The van der Waals surface area contributed by atoms with Gasteiger partial charge in [0.05, 0.1) is 0 Å². The van der Waals surface area contributed by atoms with Gasteiger partial charge in [-0.05, 0) is 30.5 Å². The summed E-state index contributed by atoms with van der Waals surface area (Å²) in [5.74, 6) is -3.37. The van der Waals surface area contributed by atoms with Gasteiger partial charge >= 0.3 is 18.0 Å². The van der Waals surface area contributed by atoms with Gasteiger partial charge in [0, 0.05) is 27.6 Å². The molecule has 10 heteroatoms. The quantitative estimate of drug-likeness (QED) is 0.437. The number of hydrogen-bond donors (Lipinski definition) is 4. The molecule has 166 valence electrons. The lowest BCUT2D eigenvalue weighted by Gasteiger charge is -2.32. The second-order valence-corrected chi connectivity index (χ2v) is 7.31. The number of nitrogens with one attached hydrogen (secondary N) is 2. The second kappa shape index (κ2) is 9.77. The van der Waals surface area contributed by atoms with Gasteiger partial charge < -0.3 is 35.1 Å². The molecule has 2 rings (SSSR count). The summed E-state index contributed by atoms with van der Waals surface area (Å²) in [6.07, 6.45) is 1.17. The van der Waals surface area contributed by atoms with Crippen molar-refractivity contribution < 1.29 is 38.8 Å². The Morgan fingerprint density at radius 1 is 1.13 bits per heavy atom. The molecule has 1 saturated carbocycles. The first-order valence-corrected chi connectivity index (χ1v) is 9.56. The van der Waals surface area contributed by atoms with Gasteiger partial charge in [-0.3, -0.25) is 4.79 Å². The van der Waals surface area contributed by atoms with Gasteiger partial charge in [0.1, 0.15) is 17.3 Å². The number of carbonyl (C=O) groups is 3. The predicted molar refractivity (Wildman–Crippen MR) is 105 cm³/mol. The third-order valence-electron chi connectivity index (χ3n) is 5.23. The Morgan fingerprint density at radius 3 is 2.20 bits per heavy atom.